The van der Waals surface area contributed by atoms with Gasteiger partial charge < -0.3 is 20.4 Å². The molecule has 0 aromatic rings. The van der Waals surface area contributed by atoms with Gasteiger partial charge in [-0.25, -0.2) is 0 Å². The van der Waals surface area contributed by atoms with Crippen molar-refractivity contribution in [3.63, 3.8) is 0 Å². The van der Waals surface area contributed by atoms with Crippen molar-refractivity contribution in [3.05, 3.63) is 0 Å². The molecule has 0 aliphatic carbocycles. The predicted molar refractivity (Wildman–Crippen MR) is 92.5 cm³/mol. The van der Waals surface area contributed by atoms with Crippen LogP contribution in [0, 0.1) is 0 Å². The van der Waals surface area contributed by atoms with Gasteiger partial charge in [-0.15, -0.1) is 0 Å². The topological polar surface area (TPSA) is 80.9 Å². The molecule has 0 aromatic heterocycles. The zero-order valence-corrected chi connectivity index (χ0v) is 25.2. The fourth-order valence-electron chi connectivity index (χ4n) is 1.93. The van der Waals surface area contributed by atoms with Crippen LogP contribution in [-0.2, 0) is 22.4 Å². The van der Waals surface area contributed by atoms with Crippen LogP contribution >= 0.6 is 0 Å². The molecule has 0 aliphatic heterocycles. The van der Waals surface area contributed by atoms with E-state index in [1.807, 2.05) is 0 Å². The van der Waals surface area contributed by atoms with Crippen LogP contribution < -0.4 is 0 Å². The van der Waals surface area contributed by atoms with E-state index in [2.05, 4.69) is 0 Å². The number of rotatable bonds is 0. The molecule has 0 aliphatic rings. The van der Waals surface area contributed by atoms with Gasteiger partial charge in [-0.2, -0.15) is 158 Å². The molecule has 0 saturated heterocycles. The van der Waals surface area contributed by atoms with Gasteiger partial charge in [0.05, 0.1) is 0 Å². The van der Waals surface area contributed by atoms with Crippen molar-refractivity contribution >= 4 is 0 Å². The largest absolute Gasteiger partial charge is 0.435 e. The van der Waals surface area contributed by atoms with E-state index in [1.54, 1.807) is 0 Å². The van der Waals surface area contributed by atoms with Gasteiger partial charge in [0.25, 0.3) is 0 Å². The Morgan fingerprint density at radius 2 is 0.175 bits per heavy atom. The molecule has 1 radical (unpaired) electrons. The molecule has 0 unspecified atom stereocenters. The van der Waals surface area contributed by atoms with Gasteiger partial charge in [0.15, 0.2) is 0 Å². The van der Waals surface area contributed by atoms with E-state index in [1.165, 1.54) is 0 Å². The van der Waals surface area contributed by atoms with Crippen LogP contribution in [0.4, 0.5) is 158 Å². The number of alkyl halides is 36. The Balaban J connectivity index is -0.000000210. The third-order valence-electron chi connectivity index (χ3n) is 4.92. The number of aliphatic hydroxyl groups is 4. The van der Waals surface area contributed by atoms with E-state index >= 15 is 0 Å². The third kappa shape index (κ3) is 13.0. The number of hydrogen-bond donors (Lipinski definition) is 4. The molecule has 0 saturated carbocycles. The van der Waals surface area contributed by atoms with Crippen molar-refractivity contribution in [2.24, 2.45) is 0 Å². The molecule has 0 rings (SSSR count). The van der Waals surface area contributed by atoms with Crippen molar-refractivity contribution in [1.82, 2.24) is 0 Å². The second-order valence-electron chi connectivity index (χ2n) is 8.81. The Morgan fingerprint density at radius 3 is 0.175 bits per heavy atom. The summed E-state index contributed by atoms with van der Waals surface area (Å²) >= 11 is 0. The first-order chi connectivity index (χ1) is 23.0. The smallest absolute Gasteiger partial charge is 0.367 e. The van der Waals surface area contributed by atoms with Crippen LogP contribution in [0.5, 0.6) is 0 Å². The van der Waals surface area contributed by atoms with Crippen molar-refractivity contribution in [2.75, 3.05) is 0 Å². The summed E-state index contributed by atoms with van der Waals surface area (Å²) in [6.07, 6.45) is -82.5. The molecule has 0 spiro atoms. The van der Waals surface area contributed by atoms with E-state index < -0.39 is 96.5 Å². The van der Waals surface area contributed by atoms with Crippen molar-refractivity contribution in [1.29, 1.82) is 0 Å². The summed E-state index contributed by atoms with van der Waals surface area (Å²) in [5, 5.41) is 30.6. The van der Waals surface area contributed by atoms with Crippen LogP contribution in [0.3, 0.4) is 0 Å². The van der Waals surface area contributed by atoms with Gasteiger partial charge in [0.1, 0.15) is 0 Å². The van der Waals surface area contributed by atoms with Crippen LogP contribution in [0.1, 0.15) is 0 Å². The van der Waals surface area contributed by atoms with Crippen molar-refractivity contribution < 1.29 is 201 Å². The molecular weight excluding hydrogens is 1050 g/mol. The third-order valence-corrected chi connectivity index (χ3v) is 4.92. The van der Waals surface area contributed by atoms with E-state index in [0.29, 0.717) is 0 Å². The molecule has 0 heterocycles. The molecule has 0 bridgehead atoms. The first-order valence-corrected chi connectivity index (χ1v) is 10.7. The average molecular weight is 1050 g/mol. The zero-order chi connectivity index (χ0) is 48.0. The van der Waals surface area contributed by atoms with Crippen molar-refractivity contribution in [2.45, 2.75) is 96.5 Å². The SMILES string of the molecule is OC(C(F)(F)F)(C(F)(F)F)C(F)(F)F.OC(C(F)(F)F)(C(F)(F)F)C(F)(F)F.OC(C(F)(F)F)(C(F)(F)F)C(F)(F)F.OC(C(F)(F)F)(C(F)(F)F)C(F)(F)F.[Ag]. The molecular formula is C16H4AgF36O4. The number of hydrogen-bond acceptors (Lipinski definition) is 4. The Kier molecular flexibility index (Phi) is 19.4. The Morgan fingerprint density at radius 1 is 0.140 bits per heavy atom. The summed E-state index contributed by atoms with van der Waals surface area (Å²) in [7, 11) is 0. The monoisotopic (exact) mass is 1050 g/mol. The fourth-order valence-corrected chi connectivity index (χ4v) is 1.93. The summed E-state index contributed by atoms with van der Waals surface area (Å²) in [5.41, 5.74) is -26.8. The van der Waals surface area contributed by atoms with Gasteiger partial charge in [-0.05, 0) is 0 Å². The Hall–Kier alpha value is -1.94. The van der Waals surface area contributed by atoms with Crippen LogP contribution in [0.2, 0.25) is 0 Å². The maximum Gasteiger partial charge on any atom is 0.435 e. The minimum absolute atomic E-state index is 0. The van der Waals surface area contributed by atoms with E-state index in [0.717, 1.165) is 0 Å². The van der Waals surface area contributed by atoms with Crippen LogP contribution in [-0.4, -0.2) is 117 Å². The van der Waals surface area contributed by atoms with Crippen LogP contribution in [0.15, 0.2) is 0 Å². The van der Waals surface area contributed by atoms with Gasteiger partial charge >= 0.3 is 96.5 Å². The van der Waals surface area contributed by atoms with Crippen molar-refractivity contribution in [3.8, 4) is 0 Å². The molecule has 0 atom stereocenters. The normalized spacial score (nSPS) is 15.6. The Bertz CT molecular complexity index is 880. The molecule has 4 nitrogen and oxygen atoms in total. The molecule has 0 fully saturated rings. The maximum atomic E-state index is 11.4. The second kappa shape index (κ2) is 17.2. The molecule has 57 heavy (non-hydrogen) atoms. The first-order valence-electron chi connectivity index (χ1n) is 10.7. The molecule has 0 aromatic carbocycles. The van der Waals surface area contributed by atoms with Gasteiger partial charge in [0, 0.05) is 22.4 Å². The second-order valence-corrected chi connectivity index (χ2v) is 8.81. The minimum Gasteiger partial charge on any atom is -0.367 e. The molecule has 4 N–H and O–H groups in total. The van der Waals surface area contributed by atoms with E-state index in [4.69, 9.17) is 20.4 Å². The summed E-state index contributed by atoms with van der Waals surface area (Å²) in [6, 6.07) is 0. The predicted octanol–water partition coefficient (Wildman–Crippen LogP) is 9.62. The van der Waals surface area contributed by atoms with E-state index in [9.17, 15) is 158 Å². The van der Waals surface area contributed by atoms with E-state index in [-0.39, 0.29) is 22.4 Å². The summed E-state index contributed by atoms with van der Waals surface area (Å²) in [4.78, 5) is 0. The van der Waals surface area contributed by atoms with Crippen LogP contribution in [0.25, 0.3) is 0 Å². The van der Waals surface area contributed by atoms with Gasteiger partial charge in [-0.3, -0.25) is 0 Å². The average Bonchev–Trinajstić information content (AvgIpc) is 2.79. The zero-order valence-electron chi connectivity index (χ0n) is 23.7. The molecule has 355 valence electrons. The van der Waals surface area contributed by atoms with Gasteiger partial charge in [-0.1, -0.05) is 0 Å². The molecule has 41 heteroatoms. The number of halogens is 36. The molecule has 0 amide bonds. The summed E-state index contributed by atoms with van der Waals surface area (Å²) in [6.45, 7) is 0. The quantitative estimate of drug-likeness (QED) is 0.144. The maximum absolute atomic E-state index is 11.4. The first kappa shape index (κ1) is 64.2. The Labute approximate surface area is 298 Å². The summed E-state index contributed by atoms with van der Waals surface area (Å²) < 4.78 is 411. The summed E-state index contributed by atoms with van der Waals surface area (Å²) in [5.74, 6) is 0. The fraction of sp³-hybridized carbons (Fsp3) is 1.00. The minimum atomic E-state index is -6.87. The van der Waals surface area contributed by atoms with Gasteiger partial charge in [0.2, 0.25) is 0 Å². The standard InChI is InChI=1S/4C4HF9O.Ag/c4*5-2(6,7)1(14,3(8,9)10)4(11,12)13;/h4*14H;.